The van der Waals surface area contributed by atoms with E-state index in [2.05, 4.69) is 39.5 Å². The van der Waals surface area contributed by atoms with Crippen LogP contribution in [0.3, 0.4) is 0 Å². The van der Waals surface area contributed by atoms with Crippen molar-refractivity contribution in [2.24, 2.45) is 5.92 Å². The van der Waals surface area contributed by atoms with Gasteiger partial charge in [0, 0.05) is 30.9 Å². The van der Waals surface area contributed by atoms with Crippen molar-refractivity contribution in [2.45, 2.75) is 45.8 Å². The Morgan fingerprint density at radius 2 is 2.19 bits per heavy atom. The molecule has 4 heterocycles. The van der Waals surface area contributed by atoms with E-state index < -0.39 is 0 Å². The van der Waals surface area contributed by atoms with E-state index in [0.29, 0.717) is 31.9 Å². The van der Waals surface area contributed by atoms with Crippen LogP contribution >= 0.6 is 0 Å². The average molecular weight is 427 g/mol. The maximum absolute atomic E-state index is 13.0. The van der Waals surface area contributed by atoms with Crippen molar-refractivity contribution in [1.82, 2.24) is 44.9 Å². The zero-order chi connectivity index (χ0) is 22.2. The van der Waals surface area contributed by atoms with Crippen LogP contribution in [0.25, 0.3) is 11.4 Å². The molecule has 4 rings (SSSR count). The first-order valence-electron chi connectivity index (χ1n) is 10.0. The molecule has 3 aromatic heterocycles. The molecule has 0 fully saturated rings. The molecule has 31 heavy (non-hydrogen) atoms. The largest absolute Gasteiger partial charge is 0.483 e. The monoisotopic (exact) mass is 427 g/mol. The summed E-state index contributed by atoms with van der Waals surface area (Å²) in [6, 6.07) is 3.72. The Morgan fingerprint density at radius 1 is 1.39 bits per heavy atom. The summed E-state index contributed by atoms with van der Waals surface area (Å²) in [5, 5.41) is 22.6. The smallest absolute Gasteiger partial charge is 0.290 e. The van der Waals surface area contributed by atoms with Gasteiger partial charge in [0.1, 0.15) is 6.33 Å². The fraction of sp³-hybridized carbons (Fsp3) is 0.474. The van der Waals surface area contributed by atoms with Crippen LogP contribution in [0.1, 0.15) is 38.6 Å². The molecule has 0 saturated heterocycles. The van der Waals surface area contributed by atoms with Gasteiger partial charge in [0.05, 0.1) is 19.1 Å². The molecular weight excluding hydrogens is 402 g/mol. The van der Waals surface area contributed by atoms with E-state index in [-0.39, 0.29) is 24.3 Å². The molecule has 0 aromatic carbocycles. The average Bonchev–Trinajstić information content (AvgIpc) is 3.47. The van der Waals surface area contributed by atoms with Crippen LogP contribution < -0.4 is 0 Å². The summed E-state index contributed by atoms with van der Waals surface area (Å²) in [5.41, 5.74) is 0.879. The number of aryl methyl sites for hydroxylation is 1. The standard InChI is InChI=1S/C18H23N9O.CH2O2/c1-3-13(2)16-18-21-17(14-5-4-7-19-11-14)22-27(18)10-9-26(16)15(28)6-8-25-12-20-23-24-25;2-1-3/h4-5,7,11-13,16H,3,6,8-10H2,1-2H3;1H,(H,2,3)/t13-,16-;/m0./s1. The maximum Gasteiger partial charge on any atom is 0.290 e. The van der Waals surface area contributed by atoms with Crippen LogP contribution in [0, 0.1) is 5.92 Å². The normalized spacial score (nSPS) is 16.1. The summed E-state index contributed by atoms with van der Waals surface area (Å²) in [5.74, 6) is 1.84. The van der Waals surface area contributed by atoms with Crippen molar-refractivity contribution in [1.29, 1.82) is 0 Å². The molecule has 12 nitrogen and oxygen atoms in total. The molecule has 2 atom stereocenters. The molecule has 1 aliphatic heterocycles. The zero-order valence-electron chi connectivity index (χ0n) is 17.4. The highest BCUT2D eigenvalue weighted by Gasteiger charge is 2.36. The van der Waals surface area contributed by atoms with Gasteiger partial charge in [0.15, 0.2) is 11.6 Å². The number of carboxylic acid groups (broad SMARTS) is 1. The number of carbonyl (C=O) groups is 2. The topological polar surface area (TPSA) is 145 Å². The van der Waals surface area contributed by atoms with Crippen molar-refractivity contribution in [3.05, 3.63) is 36.7 Å². The lowest BCUT2D eigenvalue weighted by molar-refractivity contribution is -0.136. The second-order valence-corrected chi connectivity index (χ2v) is 7.10. The third kappa shape index (κ3) is 5.08. The molecule has 0 radical (unpaired) electrons. The lowest BCUT2D eigenvalue weighted by Crippen LogP contribution is -2.45. The minimum Gasteiger partial charge on any atom is -0.483 e. The van der Waals surface area contributed by atoms with E-state index in [0.717, 1.165) is 17.8 Å². The first-order chi connectivity index (χ1) is 15.1. The highest BCUT2D eigenvalue weighted by molar-refractivity contribution is 5.76. The SMILES string of the molecule is CC[C@H](C)[C@H]1c2nc(-c3cccnc3)nn2CCN1C(=O)CCn1cnnn1.O=CO. The van der Waals surface area contributed by atoms with Gasteiger partial charge in [-0.15, -0.1) is 5.10 Å². The minimum atomic E-state index is -0.250. The molecular formula is C19H25N9O3. The fourth-order valence-electron chi connectivity index (χ4n) is 3.54. The third-order valence-electron chi connectivity index (χ3n) is 5.22. The predicted molar refractivity (Wildman–Crippen MR) is 108 cm³/mol. The second kappa shape index (κ2) is 10.4. The Hall–Kier alpha value is -3.70. The van der Waals surface area contributed by atoms with Crippen LogP contribution in [-0.4, -0.2) is 68.9 Å². The van der Waals surface area contributed by atoms with E-state index in [4.69, 9.17) is 14.9 Å². The van der Waals surface area contributed by atoms with Gasteiger partial charge in [-0.25, -0.2) is 14.3 Å². The van der Waals surface area contributed by atoms with Crippen molar-refractivity contribution in [3.8, 4) is 11.4 Å². The molecule has 1 N–H and O–H groups in total. The summed E-state index contributed by atoms with van der Waals surface area (Å²) in [7, 11) is 0. The summed E-state index contributed by atoms with van der Waals surface area (Å²) in [6.45, 7) is 5.74. The van der Waals surface area contributed by atoms with E-state index >= 15 is 0 Å². The van der Waals surface area contributed by atoms with Crippen molar-refractivity contribution < 1.29 is 14.7 Å². The van der Waals surface area contributed by atoms with Crippen LogP contribution in [0.2, 0.25) is 0 Å². The van der Waals surface area contributed by atoms with Gasteiger partial charge < -0.3 is 10.0 Å². The Kier molecular flexibility index (Phi) is 7.35. The van der Waals surface area contributed by atoms with Gasteiger partial charge >= 0.3 is 0 Å². The number of nitrogens with zero attached hydrogens (tertiary/aromatic N) is 9. The van der Waals surface area contributed by atoms with Gasteiger partial charge in [-0.1, -0.05) is 20.3 Å². The molecule has 1 aliphatic rings. The van der Waals surface area contributed by atoms with Gasteiger partial charge in [-0.2, -0.15) is 5.10 Å². The number of pyridine rings is 1. The van der Waals surface area contributed by atoms with Crippen molar-refractivity contribution in [2.75, 3.05) is 6.54 Å². The van der Waals surface area contributed by atoms with Gasteiger partial charge in [-0.05, 0) is 28.5 Å². The quantitative estimate of drug-likeness (QED) is 0.570. The Balaban J connectivity index is 0.000000858. The Labute approximate surface area is 178 Å². The number of hydrogen-bond acceptors (Lipinski definition) is 8. The molecule has 12 heteroatoms. The van der Waals surface area contributed by atoms with Crippen LogP contribution in [-0.2, 0) is 22.7 Å². The highest BCUT2D eigenvalue weighted by atomic mass is 16.3. The minimum absolute atomic E-state index is 0.0815. The van der Waals surface area contributed by atoms with Crippen LogP contribution in [0.15, 0.2) is 30.9 Å². The summed E-state index contributed by atoms with van der Waals surface area (Å²) in [4.78, 5) is 32.2. The molecule has 0 saturated carbocycles. The lowest BCUT2D eigenvalue weighted by atomic mass is 9.95. The second-order valence-electron chi connectivity index (χ2n) is 7.10. The molecule has 0 bridgehead atoms. The molecule has 0 spiro atoms. The summed E-state index contributed by atoms with van der Waals surface area (Å²) < 4.78 is 3.51. The first kappa shape index (κ1) is 22.0. The van der Waals surface area contributed by atoms with E-state index in [1.54, 1.807) is 17.1 Å². The van der Waals surface area contributed by atoms with E-state index in [9.17, 15) is 4.79 Å². The third-order valence-corrected chi connectivity index (χ3v) is 5.22. The number of fused-ring (bicyclic) bond motifs is 1. The molecule has 0 aliphatic carbocycles. The number of rotatable bonds is 6. The number of tetrazole rings is 1. The van der Waals surface area contributed by atoms with Crippen LogP contribution in [0.4, 0.5) is 0 Å². The lowest BCUT2D eigenvalue weighted by Gasteiger charge is -2.38. The maximum atomic E-state index is 13.0. The molecule has 1 amide bonds. The number of carbonyl (C=O) groups excluding carboxylic acids is 1. The van der Waals surface area contributed by atoms with Gasteiger partial charge in [0.2, 0.25) is 5.91 Å². The van der Waals surface area contributed by atoms with E-state index in [1.165, 1.54) is 6.33 Å². The predicted octanol–water partition coefficient (Wildman–Crippen LogP) is 1.05. The highest BCUT2D eigenvalue weighted by Crippen LogP contribution is 2.34. The molecule has 3 aromatic rings. The summed E-state index contributed by atoms with van der Waals surface area (Å²) in [6.07, 6.45) is 6.30. The van der Waals surface area contributed by atoms with Crippen LogP contribution in [0.5, 0.6) is 0 Å². The first-order valence-corrected chi connectivity index (χ1v) is 10.0. The Bertz CT molecular complexity index is 975. The zero-order valence-corrected chi connectivity index (χ0v) is 17.4. The number of amides is 1. The van der Waals surface area contributed by atoms with Gasteiger partial charge in [-0.3, -0.25) is 14.6 Å². The molecule has 164 valence electrons. The summed E-state index contributed by atoms with van der Waals surface area (Å²) >= 11 is 0. The van der Waals surface area contributed by atoms with Crippen molar-refractivity contribution in [3.63, 3.8) is 0 Å². The van der Waals surface area contributed by atoms with Crippen molar-refractivity contribution >= 4 is 12.4 Å². The Morgan fingerprint density at radius 3 is 2.84 bits per heavy atom. The number of hydrogen-bond donors (Lipinski definition) is 1. The fourth-order valence-corrected chi connectivity index (χ4v) is 3.54. The van der Waals surface area contributed by atoms with Gasteiger partial charge in [0.25, 0.3) is 6.47 Å². The number of aromatic nitrogens is 8. The molecule has 0 unspecified atom stereocenters. The van der Waals surface area contributed by atoms with E-state index in [1.807, 2.05) is 21.7 Å².